The highest BCUT2D eigenvalue weighted by molar-refractivity contribution is 6.22. The van der Waals surface area contributed by atoms with Crippen LogP contribution >= 0.6 is 11.6 Å². The molecule has 0 unspecified atom stereocenters. The zero-order valence-electron chi connectivity index (χ0n) is 3.66. The number of halogens is 3. The number of hydrogen-bond donors (Lipinski definition) is 1. The SMILES string of the molecule is C[C@](O)(Cl)C(F)F. The van der Waals surface area contributed by atoms with Crippen LogP contribution in [0.2, 0.25) is 0 Å². The van der Waals surface area contributed by atoms with Gasteiger partial charge in [0.15, 0.2) is 5.06 Å². The molecule has 7 heavy (non-hydrogen) atoms. The van der Waals surface area contributed by atoms with E-state index in [0.29, 0.717) is 0 Å². The molecule has 0 bridgehead atoms. The summed E-state index contributed by atoms with van der Waals surface area (Å²) in [6.07, 6.45) is -2.88. The molecule has 1 nitrogen and oxygen atoms in total. The molecule has 0 amide bonds. The lowest BCUT2D eigenvalue weighted by molar-refractivity contribution is -0.0237. The second-order valence-electron chi connectivity index (χ2n) is 1.32. The first kappa shape index (κ1) is 7.11. The molecule has 0 radical (unpaired) electrons. The van der Waals surface area contributed by atoms with Crippen LogP contribution in [0.4, 0.5) is 8.78 Å². The lowest BCUT2D eigenvalue weighted by Gasteiger charge is -2.10. The summed E-state index contributed by atoms with van der Waals surface area (Å²) in [7, 11) is 0. The van der Waals surface area contributed by atoms with Crippen LogP contribution in [0.25, 0.3) is 0 Å². The van der Waals surface area contributed by atoms with Gasteiger partial charge in [0.2, 0.25) is 0 Å². The maximum absolute atomic E-state index is 11.2. The van der Waals surface area contributed by atoms with Crippen LogP contribution in [0.1, 0.15) is 6.92 Å². The maximum Gasteiger partial charge on any atom is 0.280 e. The number of aliphatic hydroxyl groups is 1. The second-order valence-corrected chi connectivity index (χ2v) is 2.09. The average Bonchev–Trinajstić information content (AvgIpc) is 1.31. The summed E-state index contributed by atoms with van der Waals surface area (Å²) >= 11 is 4.67. The molecule has 0 heterocycles. The molecule has 44 valence electrons. The largest absolute Gasteiger partial charge is 0.370 e. The van der Waals surface area contributed by atoms with Gasteiger partial charge in [0.05, 0.1) is 0 Å². The Morgan fingerprint density at radius 3 is 1.86 bits per heavy atom. The Kier molecular flexibility index (Phi) is 1.95. The first-order valence-corrected chi connectivity index (χ1v) is 2.02. The summed E-state index contributed by atoms with van der Waals surface area (Å²) in [4.78, 5) is 0. The third-order valence-corrected chi connectivity index (χ3v) is 0.563. The fraction of sp³-hybridized carbons (Fsp3) is 1.00. The molecule has 0 spiro atoms. The van der Waals surface area contributed by atoms with Crippen molar-refractivity contribution in [2.24, 2.45) is 0 Å². The minimum Gasteiger partial charge on any atom is -0.370 e. The topological polar surface area (TPSA) is 20.2 Å². The van der Waals surface area contributed by atoms with E-state index in [9.17, 15) is 8.78 Å². The third kappa shape index (κ3) is 2.76. The van der Waals surface area contributed by atoms with Crippen LogP contribution in [-0.2, 0) is 0 Å². The van der Waals surface area contributed by atoms with Crippen molar-refractivity contribution in [3.63, 3.8) is 0 Å². The van der Waals surface area contributed by atoms with E-state index in [1.165, 1.54) is 0 Å². The molecule has 0 saturated carbocycles. The van der Waals surface area contributed by atoms with E-state index in [4.69, 9.17) is 5.11 Å². The standard InChI is InChI=1S/C3H5ClF2O/c1-3(4,7)2(5)6/h2,7H,1H3/t3-/m1/s1. The highest BCUT2D eigenvalue weighted by Gasteiger charge is 2.28. The zero-order valence-corrected chi connectivity index (χ0v) is 4.41. The summed E-state index contributed by atoms with van der Waals surface area (Å²) in [6.45, 7) is 0.833. The van der Waals surface area contributed by atoms with Crippen molar-refractivity contribution in [2.75, 3.05) is 0 Å². The lowest BCUT2D eigenvalue weighted by Crippen LogP contribution is -2.25. The van der Waals surface area contributed by atoms with Gasteiger partial charge in [-0.2, -0.15) is 0 Å². The van der Waals surface area contributed by atoms with Crippen molar-refractivity contribution in [1.29, 1.82) is 0 Å². The Bertz CT molecular complexity index is 58.4. The normalized spacial score (nSPS) is 19.7. The van der Waals surface area contributed by atoms with Gasteiger partial charge in [0.25, 0.3) is 6.43 Å². The fourth-order valence-corrected chi connectivity index (χ4v) is 0. The summed E-state index contributed by atoms with van der Waals surface area (Å²) < 4.78 is 22.3. The highest BCUT2D eigenvalue weighted by atomic mass is 35.5. The summed E-state index contributed by atoms with van der Waals surface area (Å²) in [5.41, 5.74) is 0. The van der Waals surface area contributed by atoms with Crippen molar-refractivity contribution >= 4 is 11.6 Å². The molecule has 0 aliphatic heterocycles. The lowest BCUT2D eigenvalue weighted by atomic mass is 10.4. The van der Waals surface area contributed by atoms with Crippen LogP contribution in [0.3, 0.4) is 0 Å². The van der Waals surface area contributed by atoms with Gasteiger partial charge in [0, 0.05) is 0 Å². The van der Waals surface area contributed by atoms with E-state index in [0.717, 1.165) is 6.92 Å². The first-order chi connectivity index (χ1) is 2.94. The van der Waals surface area contributed by atoms with E-state index in [2.05, 4.69) is 11.6 Å². The third-order valence-electron chi connectivity index (χ3n) is 0.398. The Labute approximate surface area is 44.9 Å². The van der Waals surface area contributed by atoms with Gasteiger partial charge in [0.1, 0.15) is 0 Å². The highest BCUT2D eigenvalue weighted by Crippen LogP contribution is 2.18. The molecule has 0 fully saturated rings. The Balaban J connectivity index is 3.54. The Morgan fingerprint density at radius 2 is 1.86 bits per heavy atom. The van der Waals surface area contributed by atoms with E-state index in [-0.39, 0.29) is 0 Å². The molecular weight excluding hydrogens is 125 g/mol. The number of alkyl halides is 3. The van der Waals surface area contributed by atoms with Gasteiger partial charge in [-0.05, 0) is 6.92 Å². The molecule has 0 rings (SSSR count). The van der Waals surface area contributed by atoms with E-state index in [1.54, 1.807) is 0 Å². The molecule has 1 N–H and O–H groups in total. The molecule has 0 aromatic heterocycles. The van der Waals surface area contributed by atoms with Gasteiger partial charge < -0.3 is 5.11 Å². The summed E-state index contributed by atoms with van der Waals surface area (Å²) in [6, 6.07) is 0. The first-order valence-electron chi connectivity index (χ1n) is 1.64. The average molecular weight is 131 g/mol. The monoisotopic (exact) mass is 130 g/mol. The van der Waals surface area contributed by atoms with Gasteiger partial charge >= 0.3 is 0 Å². The summed E-state index contributed by atoms with van der Waals surface area (Å²) in [5, 5.41) is 5.75. The molecule has 0 aliphatic rings. The van der Waals surface area contributed by atoms with Crippen LogP contribution < -0.4 is 0 Å². The van der Waals surface area contributed by atoms with Crippen molar-refractivity contribution in [3.05, 3.63) is 0 Å². The predicted octanol–water partition coefficient (Wildman–Crippen LogP) is 1.20. The van der Waals surface area contributed by atoms with E-state index < -0.39 is 11.5 Å². The maximum atomic E-state index is 11.2. The van der Waals surface area contributed by atoms with Gasteiger partial charge in [-0.25, -0.2) is 8.78 Å². The quantitative estimate of drug-likeness (QED) is 0.529. The molecule has 0 aliphatic carbocycles. The van der Waals surface area contributed by atoms with Crippen molar-refractivity contribution < 1.29 is 13.9 Å². The summed E-state index contributed by atoms with van der Waals surface area (Å²) in [5.74, 6) is 0. The second kappa shape index (κ2) is 1.92. The predicted molar refractivity (Wildman–Crippen MR) is 22.5 cm³/mol. The van der Waals surface area contributed by atoms with E-state index in [1.807, 2.05) is 0 Å². The Morgan fingerprint density at radius 1 is 1.71 bits per heavy atom. The number of hydrogen-bond acceptors (Lipinski definition) is 1. The van der Waals surface area contributed by atoms with Gasteiger partial charge in [-0.1, -0.05) is 11.6 Å². The van der Waals surface area contributed by atoms with Gasteiger partial charge in [-0.15, -0.1) is 0 Å². The van der Waals surface area contributed by atoms with Crippen molar-refractivity contribution in [3.8, 4) is 0 Å². The Hall–Kier alpha value is 0.110. The number of rotatable bonds is 1. The van der Waals surface area contributed by atoms with Crippen LogP contribution in [0, 0.1) is 0 Å². The van der Waals surface area contributed by atoms with Crippen LogP contribution in [0.15, 0.2) is 0 Å². The minimum atomic E-state index is -2.88. The molecule has 1 atom stereocenters. The van der Waals surface area contributed by atoms with E-state index >= 15 is 0 Å². The molecule has 0 aromatic rings. The fourth-order valence-electron chi connectivity index (χ4n) is 0. The smallest absolute Gasteiger partial charge is 0.280 e. The van der Waals surface area contributed by atoms with Crippen molar-refractivity contribution in [2.45, 2.75) is 18.4 Å². The molecule has 0 saturated heterocycles. The molecular formula is C3H5ClF2O. The van der Waals surface area contributed by atoms with Crippen LogP contribution in [0.5, 0.6) is 0 Å². The van der Waals surface area contributed by atoms with Crippen LogP contribution in [-0.4, -0.2) is 16.6 Å². The molecule has 4 heteroatoms. The molecule has 0 aromatic carbocycles. The van der Waals surface area contributed by atoms with Gasteiger partial charge in [-0.3, -0.25) is 0 Å². The zero-order chi connectivity index (χ0) is 6.08. The minimum absolute atomic E-state index is 0.833. The van der Waals surface area contributed by atoms with Crippen molar-refractivity contribution in [1.82, 2.24) is 0 Å².